The van der Waals surface area contributed by atoms with Crippen molar-refractivity contribution in [3.8, 4) is 0 Å². The minimum atomic E-state index is -0.246. The molecular weight excluding hydrogens is 160 g/mol. The van der Waals surface area contributed by atoms with Gasteiger partial charge in [-0.3, -0.25) is 0 Å². The fourth-order valence-corrected chi connectivity index (χ4v) is 1.17. The lowest BCUT2D eigenvalue weighted by atomic mass is 10.3. The topological polar surface area (TPSA) is 26.3 Å². The van der Waals surface area contributed by atoms with Crippen molar-refractivity contribution in [3.05, 3.63) is 22.4 Å². The van der Waals surface area contributed by atoms with Crippen molar-refractivity contribution >= 4 is 17.3 Å². The number of hydrogen-bond donors (Lipinski definition) is 0. The van der Waals surface area contributed by atoms with E-state index in [-0.39, 0.29) is 5.97 Å². The van der Waals surface area contributed by atoms with Crippen molar-refractivity contribution in [2.75, 3.05) is 6.61 Å². The van der Waals surface area contributed by atoms with Gasteiger partial charge in [0.25, 0.3) is 0 Å². The maximum atomic E-state index is 11.0. The average Bonchev–Trinajstić information content (AvgIpc) is 2.52. The van der Waals surface area contributed by atoms with Crippen LogP contribution in [0.25, 0.3) is 0 Å². The predicted octanol–water partition coefficient (Wildman–Crippen LogP) is 2.12. The van der Waals surface area contributed by atoms with Crippen LogP contribution in [0.2, 0.25) is 0 Å². The first-order valence-electron chi connectivity index (χ1n) is 3.46. The molecule has 0 fully saturated rings. The van der Waals surface area contributed by atoms with Crippen LogP contribution in [0.1, 0.15) is 23.7 Å². The van der Waals surface area contributed by atoms with Gasteiger partial charge in [0.15, 0.2) is 0 Å². The van der Waals surface area contributed by atoms with E-state index in [1.807, 2.05) is 6.92 Å². The van der Waals surface area contributed by atoms with Crippen molar-refractivity contribution in [1.29, 1.82) is 0 Å². The Hall–Kier alpha value is -0.830. The lowest BCUT2D eigenvalue weighted by molar-refractivity contribution is 0.0506. The van der Waals surface area contributed by atoms with Crippen LogP contribution >= 0.6 is 11.3 Å². The predicted molar refractivity (Wildman–Crippen MR) is 43.7 cm³/mol. The summed E-state index contributed by atoms with van der Waals surface area (Å²) < 4.78 is 4.88. The zero-order valence-corrected chi connectivity index (χ0v) is 7.11. The lowest BCUT2D eigenvalue weighted by Crippen LogP contribution is -2.03. The highest BCUT2D eigenvalue weighted by molar-refractivity contribution is 7.07. The van der Waals surface area contributed by atoms with Crippen LogP contribution in [0, 0.1) is 5.38 Å². The summed E-state index contributed by atoms with van der Waals surface area (Å²) in [6.07, 6.45) is 0.861. The number of hydrogen-bond acceptors (Lipinski definition) is 3. The smallest absolute Gasteiger partial charge is 0.338 e. The van der Waals surface area contributed by atoms with Crippen LogP contribution in [0.5, 0.6) is 0 Å². The molecular formula is C8H9O2S. The molecule has 0 aromatic carbocycles. The highest BCUT2D eigenvalue weighted by Gasteiger charge is 2.05. The Morgan fingerprint density at radius 1 is 1.82 bits per heavy atom. The zero-order chi connectivity index (χ0) is 8.10. The molecule has 2 nitrogen and oxygen atoms in total. The first-order valence-corrected chi connectivity index (χ1v) is 4.34. The van der Waals surface area contributed by atoms with Gasteiger partial charge in [0, 0.05) is 10.8 Å². The van der Waals surface area contributed by atoms with Crippen LogP contribution in [0.3, 0.4) is 0 Å². The van der Waals surface area contributed by atoms with E-state index in [4.69, 9.17) is 4.74 Å². The molecule has 59 valence electrons. The number of ether oxygens (including phenoxy) is 1. The quantitative estimate of drug-likeness (QED) is 0.648. The summed E-state index contributed by atoms with van der Waals surface area (Å²) >= 11 is 1.38. The van der Waals surface area contributed by atoms with E-state index in [0.717, 1.165) is 6.42 Å². The third kappa shape index (κ3) is 2.35. The van der Waals surface area contributed by atoms with Gasteiger partial charge >= 0.3 is 5.97 Å². The Balaban J connectivity index is 2.43. The Labute approximate surface area is 69.8 Å². The molecule has 0 aliphatic rings. The Morgan fingerprint density at radius 3 is 3.18 bits per heavy atom. The number of rotatable bonds is 3. The van der Waals surface area contributed by atoms with Crippen LogP contribution in [0.15, 0.2) is 11.4 Å². The maximum absolute atomic E-state index is 11.0. The fraction of sp³-hybridized carbons (Fsp3) is 0.375. The van der Waals surface area contributed by atoms with Crippen molar-refractivity contribution < 1.29 is 9.53 Å². The molecule has 11 heavy (non-hydrogen) atoms. The molecule has 1 radical (unpaired) electrons. The third-order valence-corrected chi connectivity index (χ3v) is 1.77. The van der Waals surface area contributed by atoms with E-state index in [1.165, 1.54) is 11.3 Å². The molecule has 0 unspecified atom stereocenters. The van der Waals surface area contributed by atoms with E-state index in [0.29, 0.717) is 12.2 Å². The summed E-state index contributed by atoms with van der Waals surface area (Å²) in [7, 11) is 0. The van der Waals surface area contributed by atoms with Crippen molar-refractivity contribution in [2.24, 2.45) is 0 Å². The molecule has 0 saturated carbocycles. The molecule has 1 aromatic rings. The minimum Gasteiger partial charge on any atom is -0.462 e. The largest absolute Gasteiger partial charge is 0.462 e. The van der Waals surface area contributed by atoms with E-state index < -0.39 is 0 Å². The van der Waals surface area contributed by atoms with Crippen LogP contribution in [-0.2, 0) is 4.74 Å². The molecule has 0 aliphatic heterocycles. The van der Waals surface area contributed by atoms with Crippen molar-refractivity contribution in [1.82, 2.24) is 0 Å². The number of thiophene rings is 1. The monoisotopic (exact) mass is 169 g/mol. The second kappa shape index (κ2) is 4.13. The van der Waals surface area contributed by atoms with Gasteiger partial charge in [-0.15, -0.1) is 11.3 Å². The van der Waals surface area contributed by atoms with Crippen LogP contribution in [-0.4, -0.2) is 12.6 Å². The second-order valence-corrected chi connectivity index (χ2v) is 2.80. The average molecular weight is 169 g/mol. The van der Waals surface area contributed by atoms with Gasteiger partial charge in [0.05, 0.1) is 12.2 Å². The van der Waals surface area contributed by atoms with E-state index >= 15 is 0 Å². The molecule has 3 heteroatoms. The number of esters is 1. The van der Waals surface area contributed by atoms with Crippen molar-refractivity contribution in [2.45, 2.75) is 13.3 Å². The Bertz CT molecular complexity index is 216. The summed E-state index contributed by atoms with van der Waals surface area (Å²) in [5, 5.41) is 4.56. The van der Waals surface area contributed by atoms with Gasteiger partial charge < -0.3 is 4.74 Å². The Kier molecular flexibility index (Phi) is 3.11. The van der Waals surface area contributed by atoms with E-state index in [9.17, 15) is 4.79 Å². The van der Waals surface area contributed by atoms with E-state index in [2.05, 4.69) is 5.38 Å². The highest BCUT2D eigenvalue weighted by Crippen LogP contribution is 2.06. The first kappa shape index (κ1) is 8.27. The zero-order valence-electron chi connectivity index (χ0n) is 6.29. The van der Waals surface area contributed by atoms with Gasteiger partial charge in [-0.1, -0.05) is 6.92 Å². The molecule has 0 bridgehead atoms. The SMILES string of the molecule is CCCOC(=O)c1c[c]sc1. The van der Waals surface area contributed by atoms with Crippen LogP contribution < -0.4 is 0 Å². The lowest BCUT2D eigenvalue weighted by Gasteiger charge is -1.98. The standard InChI is InChI=1S/C8H9O2S/c1-2-4-10-8(9)7-3-5-11-6-7/h3,6H,2,4H2,1H3. The van der Waals surface area contributed by atoms with Gasteiger partial charge in [-0.05, 0) is 12.5 Å². The number of carbonyl (C=O) groups excluding carboxylic acids is 1. The molecule has 0 amide bonds. The Morgan fingerprint density at radius 2 is 2.64 bits per heavy atom. The molecule has 1 rings (SSSR count). The van der Waals surface area contributed by atoms with Crippen LogP contribution in [0.4, 0.5) is 0 Å². The third-order valence-electron chi connectivity index (χ3n) is 1.14. The summed E-state index contributed by atoms with van der Waals surface area (Å²) in [5.41, 5.74) is 0.600. The van der Waals surface area contributed by atoms with Gasteiger partial charge in [0.2, 0.25) is 0 Å². The molecule has 0 atom stereocenters. The second-order valence-electron chi connectivity index (χ2n) is 2.09. The summed E-state index contributed by atoms with van der Waals surface area (Å²) in [6.45, 7) is 2.46. The van der Waals surface area contributed by atoms with Gasteiger partial charge in [0.1, 0.15) is 0 Å². The molecule has 1 heterocycles. The summed E-state index contributed by atoms with van der Waals surface area (Å²) in [5.74, 6) is -0.246. The number of carbonyl (C=O) groups is 1. The molecule has 0 N–H and O–H groups in total. The molecule has 0 spiro atoms. The minimum absolute atomic E-state index is 0.246. The van der Waals surface area contributed by atoms with Crippen molar-refractivity contribution in [3.63, 3.8) is 0 Å². The van der Waals surface area contributed by atoms with Gasteiger partial charge in [-0.2, -0.15) is 0 Å². The maximum Gasteiger partial charge on any atom is 0.338 e. The summed E-state index contributed by atoms with van der Waals surface area (Å²) in [6, 6.07) is 1.64. The summed E-state index contributed by atoms with van der Waals surface area (Å²) in [4.78, 5) is 11.0. The molecule has 0 saturated heterocycles. The normalized spacial score (nSPS) is 9.55. The highest BCUT2D eigenvalue weighted by atomic mass is 32.1. The first-order chi connectivity index (χ1) is 5.34. The van der Waals surface area contributed by atoms with E-state index in [1.54, 1.807) is 11.4 Å². The molecule has 0 aliphatic carbocycles. The van der Waals surface area contributed by atoms with Gasteiger partial charge in [-0.25, -0.2) is 4.79 Å². The fourth-order valence-electron chi connectivity index (χ4n) is 0.614. The molecule has 1 aromatic heterocycles.